The van der Waals surface area contributed by atoms with E-state index in [0.29, 0.717) is 13.2 Å². The molecule has 0 aliphatic rings. The predicted octanol–water partition coefficient (Wildman–Crippen LogP) is 8.23. The fourth-order valence-electron chi connectivity index (χ4n) is 3.08. The van der Waals surface area contributed by atoms with Crippen LogP contribution in [0.15, 0.2) is 91.1 Å². The molecule has 3 nitrogen and oxygen atoms in total. The van der Waals surface area contributed by atoms with E-state index in [4.69, 9.17) is 9.47 Å². The van der Waals surface area contributed by atoms with Gasteiger partial charge in [0.2, 0.25) is 0 Å². The minimum atomic E-state index is -0.639. The van der Waals surface area contributed by atoms with Crippen molar-refractivity contribution in [2.24, 2.45) is 0 Å². The molecule has 0 radical (unpaired) electrons. The fraction of sp³-hybridized carbons (Fsp3) is 0.433. The van der Waals surface area contributed by atoms with Gasteiger partial charge in [-0.3, -0.25) is 0 Å². The van der Waals surface area contributed by atoms with Crippen LogP contribution in [0.3, 0.4) is 0 Å². The summed E-state index contributed by atoms with van der Waals surface area (Å²) in [4.78, 5) is 12.2. The number of unbranched alkanes of at least 4 members (excludes halogenated alkanes) is 2. The van der Waals surface area contributed by atoms with Crippen molar-refractivity contribution in [2.75, 3.05) is 13.2 Å². The maximum Gasteiger partial charge on any atom is 0.339 e. The lowest BCUT2D eigenvalue weighted by atomic mass is 10.1. The highest BCUT2D eigenvalue weighted by molar-refractivity contribution is 5.76. The standard InChI is InChI=1S/C30H42O3/c1-3-5-6-7-8-9-10-11-12-13-14-15-16-17-18-19-20-24-27-33-29(30(31)32-4-2)28-25-22-21-23-26-28/h5-6,8-9,11-12,14-15,17-18,21-23,25-26,29H,3-4,7,10,13,16,19-20,24,27H2,1-2H3/b6-5-,9-8-,12-11-,15-14-,18-17-. The Kier molecular flexibility index (Phi) is 18.2. The van der Waals surface area contributed by atoms with Crippen LogP contribution in [0.2, 0.25) is 0 Å². The van der Waals surface area contributed by atoms with E-state index in [1.54, 1.807) is 0 Å². The molecular formula is C30H42O3. The maximum absolute atomic E-state index is 12.2. The van der Waals surface area contributed by atoms with Crippen molar-refractivity contribution in [1.82, 2.24) is 0 Å². The molecule has 0 saturated heterocycles. The molecule has 0 aliphatic heterocycles. The second kappa shape index (κ2) is 21.2. The summed E-state index contributed by atoms with van der Waals surface area (Å²) >= 11 is 0. The number of hydrogen-bond donors (Lipinski definition) is 0. The predicted molar refractivity (Wildman–Crippen MR) is 140 cm³/mol. The zero-order valence-electron chi connectivity index (χ0n) is 20.5. The van der Waals surface area contributed by atoms with E-state index >= 15 is 0 Å². The Morgan fingerprint density at radius 3 is 1.85 bits per heavy atom. The van der Waals surface area contributed by atoms with Crippen LogP contribution in [0, 0.1) is 0 Å². The van der Waals surface area contributed by atoms with Gasteiger partial charge in [0.25, 0.3) is 0 Å². The Morgan fingerprint density at radius 2 is 1.30 bits per heavy atom. The average Bonchev–Trinajstić information content (AvgIpc) is 2.83. The van der Waals surface area contributed by atoms with Crippen molar-refractivity contribution in [3.05, 3.63) is 96.7 Å². The molecule has 0 N–H and O–H groups in total. The molecule has 1 unspecified atom stereocenters. The van der Waals surface area contributed by atoms with Crippen LogP contribution in [0.5, 0.6) is 0 Å². The Hall–Kier alpha value is -2.65. The monoisotopic (exact) mass is 450 g/mol. The van der Waals surface area contributed by atoms with E-state index in [1.165, 1.54) is 0 Å². The van der Waals surface area contributed by atoms with Crippen molar-refractivity contribution in [1.29, 1.82) is 0 Å². The third-order valence-electron chi connectivity index (χ3n) is 4.81. The summed E-state index contributed by atoms with van der Waals surface area (Å²) < 4.78 is 11.0. The summed E-state index contributed by atoms with van der Waals surface area (Å²) in [7, 11) is 0. The van der Waals surface area contributed by atoms with E-state index in [0.717, 1.165) is 56.9 Å². The third-order valence-corrected chi connectivity index (χ3v) is 4.81. The van der Waals surface area contributed by atoms with Gasteiger partial charge in [0, 0.05) is 6.61 Å². The van der Waals surface area contributed by atoms with Crippen molar-refractivity contribution >= 4 is 5.97 Å². The Labute approximate surface area is 201 Å². The smallest absolute Gasteiger partial charge is 0.339 e. The topological polar surface area (TPSA) is 35.5 Å². The second-order valence-corrected chi connectivity index (χ2v) is 7.62. The number of carbonyl (C=O) groups is 1. The molecule has 0 fully saturated rings. The fourth-order valence-corrected chi connectivity index (χ4v) is 3.08. The van der Waals surface area contributed by atoms with Gasteiger partial charge in [0.05, 0.1) is 6.61 Å². The summed E-state index contributed by atoms with van der Waals surface area (Å²) in [5, 5.41) is 0. The zero-order valence-corrected chi connectivity index (χ0v) is 20.5. The second-order valence-electron chi connectivity index (χ2n) is 7.62. The number of benzene rings is 1. The van der Waals surface area contributed by atoms with Gasteiger partial charge in [-0.05, 0) is 63.9 Å². The molecule has 1 atom stereocenters. The molecule has 33 heavy (non-hydrogen) atoms. The Morgan fingerprint density at radius 1 is 0.758 bits per heavy atom. The molecule has 0 aliphatic carbocycles. The largest absolute Gasteiger partial charge is 0.464 e. The lowest BCUT2D eigenvalue weighted by Gasteiger charge is -2.16. The summed E-state index contributed by atoms with van der Waals surface area (Å²) in [5.41, 5.74) is 0.841. The first-order valence-electron chi connectivity index (χ1n) is 12.4. The van der Waals surface area contributed by atoms with Crippen LogP contribution < -0.4 is 0 Å². The summed E-state index contributed by atoms with van der Waals surface area (Å²) in [5.74, 6) is -0.318. The SMILES string of the molecule is CC/C=C\C/C=C\C/C=C\C/C=C\C/C=C\CCCCOC(C(=O)OCC)c1ccccc1. The number of hydrogen-bond acceptors (Lipinski definition) is 3. The number of rotatable bonds is 18. The van der Waals surface area contributed by atoms with E-state index < -0.39 is 6.10 Å². The number of esters is 1. The summed E-state index contributed by atoms with van der Waals surface area (Å²) in [6.07, 6.45) is 29.5. The van der Waals surface area contributed by atoms with Crippen LogP contribution in [0.25, 0.3) is 0 Å². The summed E-state index contributed by atoms with van der Waals surface area (Å²) in [6.45, 7) is 4.87. The average molecular weight is 451 g/mol. The molecule has 1 aromatic rings. The van der Waals surface area contributed by atoms with Gasteiger partial charge < -0.3 is 9.47 Å². The van der Waals surface area contributed by atoms with Crippen LogP contribution in [-0.4, -0.2) is 19.2 Å². The first kappa shape index (κ1) is 28.4. The van der Waals surface area contributed by atoms with Crippen LogP contribution in [0.4, 0.5) is 0 Å². The quantitative estimate of drug-likeness (QED) is 0.128. The first-order chi connectivity index (χ1) is 16.3. The van der Waals surface area contributed by atoms with Crippen molar-refractivity contribution in [2.45, 2.75) is 71.3 Å². The Bertz CT molecular complexity index is 741. The zero-order chi connectivity index (χ0) is 23.8. The first-order valence-corrected chi connectivity index (χ1v) is 12.4. The van der Waals surface area contributed by atoms with E-state index in [9.17, 15) is 4.79 Å². The van der Waals surface area contributed by atoms with Crippen molar-refractivity contribution in [3.63, 3.8) is 0 Å². The highest BCUT2D eigenvalue weighted by Crippen LogP contribution is 2.19. The van der Waals surface area contributed by atoms with Crippen LogP contribution in [-0.2, 0) is 14.3 Å². The Balaban J connectivity index is 2.10. The van der Waals surface area contributed by atoms with Crippen molar-refractivity contribution in [3.8, 4) is 0 Å². The minimum absolute atomic E-state index is 0.318. The van der Waals surface area contributed by atoms with Crippen LogP contribution in [0.1, 0.15) is 76.9 Å². The molecule has 0 saturated carbocycles. The molecular weight excluding hydrogens is 408 g/mol. The molecule has 0 amide bonds. The van der Waals surface area contributed by atoms with E-state index in [1.807, 2.05) is 37.3 Å². The molecule has 0 aromatic heterocycles. The molecule has 180 valence electrons. The van der Waals surface area contributed by atoms with Gasteiger partial charge >= 0.3 is 5.97 Å². The number of carbonyl (C=O) groups excluding carboxylic acids is 1. The van der Waals surface area contributed by atoms with Crippen molar-refractivity contribution < 1.29 is 14.3 Å². The number of ether oxygens (including phenoxy) is 2. The minimum Gasteiger partial charge on any atom is -0.464 e. The maximum atomic E-state index is 12.2. The molecule has 0 bridgehead atoms. The molecule has 3 heteroatoms. The number of allylic oxidation sites excluding steroid dienone is 10. The highest BCUT2D eigenvalue weighted by atomic mass is 16.6. The van der Waals surface area contributed by atoms with E-state index in [-0.39, 0.29) is 5.97 Å². The highest BCUT2D eigenvalue weighted by Gasteiger charge is 2.22. The lowest BCUT2D eigenvalue weighted by molar-refractivity contribution is -0.157. The van der Waals surface area contributed by atoms with Gasteiger partial charge in [-0.25, -0.2) is 4.79 Å². The molecule has 1 aromatic carbocycles. The van der Waals surface area contributed by atoms with Gasteiger partial charge in [0.1, 0.15) is 0 Å². The van der Waals surface area contributed by atoms with Crippen LogP contribution >= 0.6 is 0 Å². The molecule has 0 spiro atoms. The summed E-state index contributed by atoms with van der Waals surface area (Å²) in [6, 6.07) is 9.55. The van der Waals surface area contributed by atoms with Gasteiger partial charge in [-0.1, -0.05) is 98.0 Å². The third kappa shape index (κ3) is 15.7. The lowest BCUT2D eigenvalue weighted by Crippen LogP contribution is -2.19. The van der Waals surface area contributed by atoms with Gasteiger partial charge in [-0.15, -0.1) is 0 Å². The van der Waals surface area contributed by atoms with Gasteiger partial charge in [-0.2, -0.15) is 0 Å². The molecule has 1 rings (SSSR count). The van der Waals surface area contributed by atoms with E-state index in [2.05, 4.69) is 67.7 Å². The normalized spacial score (nSPS) is 13.3. The molecule has 0 heterocycles. The van der Waals surface area contributed by atoms with Gasteiger partial charge in [0.15, 0.2) is 6.10 Å².